The van der Waals surface area contributed by atoms with Crippen LogP contribution in [0.5, 0.6) is 0 Å². The number of nitrogens with zero attached hydrogens (tertiary/aromatic N) is 4. The normalized spacial score (nSPS) is 10.9. The van der Waals surface area contributed by atoms with Crippen molar-refractivity contribution >= 4 is 22.7 Å². The van der Waals surface area contributed by atoms with Gasteiger partial charge in [-0.1, -0.05) is 5.16 Å². The fourth-order valence-electron chi connectivity index (χ4n) is 1.92. The molecule has 3 rings (SSSR count). The van der Waals surface area contributed by atoms with Crippen molar-refractivity contribution in [3.8, 4) is 0 Å². The molecule has 21 heavy (non-hydrogen) atoms. The minimum absolute atomic E-state index is 0.0269. The highest BCUT2D eigenvalue weighted by atomic mass is 16.6. The zero-order chi connectivity index (χ0) is 14.8. The van der Waals surface area contributed by atoms with Crippen molar-refractivity contribution in [2.24, 2.45) is 0 Å². The first-order valence-corrected chi connectivity index (χ1v) is 6.29. The molecule has 0 aliphatic heterocycles. The summed E-state index contributed by atoms with van der Waals surface area (Å²) in [6.07, 6.45) is 0.567. The Kier molecular flexibility index (Phi) is 3.22. The van der Waals surface area contributed by atoms with Crippen molar-refractivity contribution in [2.75, 3.05) is 11.9 Å². The molecule has 1 aromatic carbocycles. The standard InChI is InChI=1S/C12H12N6O3/c1-7-14-11(21-17-7)4-5-13-12-15-9-3-2-8(18(19)20)6-10(9)16-12/h2-3,6H,4-5H2,1H3,(H2,13,15,16). The van der Waals surface area contributed by atoms with E-state index in [0.29, 0.717) is 41.7 Å². The summed E-state index contributed by atoms with van der Waals surface area (Å²) in [6, 6.07) is 4.49. The van der Waals surface area contributed by atoms with Crippen molar-refractivity contribution < 1.29 is 9.45 Å². The van der Waals surface area contributed by atoms with Crippen LogP contribution in [0.25, 0.3) is 11.0 Å². The van der Waals surface area contributed by atoms with Gasteiger partial charge in [0.1, 0.15) is 0 Å². The molecule has 9 heteroatoms. The quantitative estimate of drug-likeness (QED) is 0.542. The zero-order valence-electron chi connectivity index (χ0n) is 11.2. The monoisotopic (exact) mass is 288 g/mol. The third kappa shape index (κ3) is 2.81. The number of imidazole rings is 1. The van der Waals surface area contributed by atoms with Crippen LogP contribution >= 0.6 is 0 Å². The van der Waals surface area contributed by atoms with Crippen molar-refractivity contribution in [2.45, 2.75) is 13.3 Å². The molecule has 2 aromatic heterocycles. The summed E-state index contributed by atoms with van der Waals surface area (Å²) >= 11 is 0. The Hall–Kier alpha value is -2.97. The molecule has 0 aliphatic carbocycles. The molecule has 2 N–H and O–H groups in total. The summed E-state index contributed by atoms with van der Waals surface area (Å²) in [7, 11) is 0. The molecule has 3 aromatic rings. The average molecular weight is 288 g/mol. The van der Waals surface area contributed by atoms with Gasteiger partial charge in [-0.2, -0.15) is 4.98 Å². The van der Waals surface area contributed by atoms with Crippen LogP contribution in [0, 0.1) is 17.0 Å². The maximum Gasteiger partial charge on any atom is 0.271 e. The number of anilines is 1. The smallest absolute Gasteiger partial charge is 0.271 e. The van der Waals surface area contributed by atoms with Gasteiger partial charge in [0.25, 0.3) is 5.69 Å². The Morgan fingerprint density at radius 3 is 3.00 bits per heavy atom. The predicted molar refractivity (Wildman–Crippen MR) is 74.0 cm³/mol. The van der Waals surface area contributed by atoms with E-state index in [4.69, 9.17) is 4.52 Å². The van der Waals surface area contributed by atoms with E-state index < -0.39 is 4.92 Å². The largest absolute Gasteiger partial charge is 0.355 e. The maximum absolute atomic E-state index is 10.7. The molecule has 0 aliphatic rings. The number of aromatic nitrogens is 4. The van der Waals surface area contributed by atoms with Crippen LogP contribution in [0.15, 0.2) is 22.7 Å². The lowest BCUT2D eigenvalue weighted by molar-refractivity contribution is -0.384. The predicted octanol–water partition coefficient (Wildman–Crippen LogP) is 1.82. The van der Waals surface area contributed by atoms with Crippen LogP contribution in [0.1, 0.15) is 11.7 Å². The van der Waals surface area contributed by atoms with Crippen molar-refractivity contribution in [3.63, 3.8) is 0 Å². The maximum atomic E-state index is 10.7. The number of hydrogen-bond donors (Lipinski definition) is 2. The number of rotatable bonds is 5. The molecule has 0 spiro atoms. The number of hydrogen-bond acceptors (Lipinski definition) is 7. The summed E-state index contributed by atoms with van der Waals surface area (Å²) in [5, 5.41) is 17.5. The lowest BCUT2D eigenvalue weighted by Gasteiger charge is -1.98. The fourth-order valence-corrected chi connectivity index (χ4v) is 1.92. The number of benzene rings is 1. The van der Waals surface area contributed by atoms with Crippen molar-refractivity contribution in [1.82, 2.24) is 20.1 Å². The Bertz CT molecular complexity index is 793. The third-order valence-corrected chi connectivity index (χ3v) is 2.88. The summed E-state index contributed by atoms with van der Waals surface area (Å²) < 4.78 is 5.00. The van der Waals surface area contributed by atoms with E-state index >= 15 is 0 Å². The number of nitro benzene ring substituents is 1. The highest BCUT2D eigenvalue weighted by Crippen LogP contribution is 2.20. The number of H-pyrrole nitrogens is 1. The number of non-ortho nitro benzene ring substituents is 1. The lowest BCUT2D eigenvalue weighted by Crippen LogP contribution is -2.06. The molecular formula is C12H12N6O3. The zero-order valence-corrected chi connectivity index (χ0v) is 11.2. The van der Waals surface area contributed by atoms with Gasteiger partial charge < -0.3 is 14.8 Å². The van der Waals surface area contributed by atoms with E-state index in [-0.39, 0.29) is 5.69 Å². The second kappa shape index (κ2) is 5.19. The molecule has 9 nitrogen and oxygen atoms in total. The second-order valence-corrected chi connectivity index (χ2v) is 4.46. The Morgan fingerprint density at radius 1 is 1.43 bits per heavy atom. The van der Waals surface area contributed by atoms with E-state index in [0.717, 1.165) is 0 Å². The van der Waals surface area contributed by atoms with Gasteiger partial charge in [-0.05, 0) is 13.0 Å². The number of nitro groups is 1. The van der Waals surface area contributed by atoms with Gasteiger partial charge in [-0.3, -0.25) is 10.1 Å². The second-order valence-electron chi connectivity index (χ2n) is 4.46. The number of fused-ring (bicyclic) bond motifs is 1. The summed E-state index contributed by atoms with van der Waals surface area (Å²) in [5.74, 6) is 1.69. The highest BCUT2D eigenvalue weighted by molar-refractivity contribution is 5.79. The van der Waals surface area contributed by atoms with Crippen LogP contribution < -0.4 is 5.32 Å². The summed E-state index contributed by atoms with van der Waals surface area (Å²) in [5.41, 5.74) is 1.30. The molecule has 2 heterocycles. The highest BCUT2D eigenvalue weighted by Gasteiger charge is 2.09. The molecular weight excluding hydrogens is 276 g/mol. The minimum Gasteiger partial charge on any atom is -0.355 e. The molecule has 0 fully saturated rings. The van der Waals surface area contributed by atoms with E-state index in [9.17, 15) is 10.1 Å². The first-order valence-electron chi connectivity index (χ1n) is 6.29. The van der Waals surface area contributed by atoms with Crippen LogP contribution in [0.3, 0.4) is 0 Å². The molecule has 0 atom stereocenters. The number of aromatic amines is 1. The van der Waals surface area contributed by atoms with Gasteiger partial charge in [0.15, 0.2) is 5.82 Å². The molecule has 0 unspecified atom stereocenters. The van der Waals surface area contributed by atoms with Gasteiger partial charge in [-0.25, -0.2) is 4.98 Å². The van der Waals surface area contributed by atoms with Crippen molar-refractivity contribution in [3.05, 3.63) is 40.0 Å². The van der Waals surface area contributed by atoms with E-state index in [1.165, 1.54) is 12.1 Å². The molecule has 0 amide bonds. The topological polar surface area (TPSA) is 123 Å². The molecule has 0 saturated heterocycles. The Labute approximate surface area is 118 Å². The molecule has 0 bridgehead atoms. The molecule has 0 radical (unpaired) electrons. The van der Waals surface area contributed by atoms with E-state index in [2.05, 4.69) is 25.4 Å². The van der Waals surface area contributed by atoms with Gasteiger partial charge in [0, 0.05) is 25.1 Å². The molecule has 0 saturated carbocycles. The Morgan fingerprint density at radius 2 is 2.29 bits per heavy atom. The van der Waals surface area contributed by atoms with Crippen molar-refractivity contribution in [1.29, 1.82) is 0 Å². The fraction of sp³-hybridized carbons (Fsp3) is 0.250. The minimum atomic E-state index is -0.439. The number of nitrogens with one attached hydrogen (secondary N) is 2. The average Bonchev–Trinajstić information content (AvgIpc) is 3.03. The molecule has 108 valence electrons. The Balaban J connectivity index is 1.68. The number of aryl methyl sites for hydroxylation is 1. The lowest BCUT2D eigenvalue weighted by atomic mass is 10.3. The van der Waals surface area contributed by atoms with Crippen LogP contribution in [0.4, 0.5) is 11.6 Å². The van der Waals surface area contributed by atoms with Crippen LogP contribution in [-0.2, 0) is 6.42 Å². The van der Waals surface area contributed by atoms with E-state index in [1.807, 2.05) is 0 Å². The summed E-state index contributed by atoms with van der Waals surface area (Å²) in [4.78, 5) is 21.7. The van der Waals surface area contributed by atoms with Gasteiger partial charge in [0.05, 0.1) is 16.0 Å². The SMILES string of the molecule is Cc1noc(CCNc2nc3ccc([N+](=O)[O-])cc3[nH]2)n1. The van der Waals surface area contributed by atoms with Gasteiger partial charge in [0.2, 0.25) is 11.8 Å². The third-order valence-electron chi connectivity index (χ3n) is 2.88. The van der Waals surface area contributed by atoms with Crippen LogP contribution in [-0.4, -0.2) is 31.6 Å². The summed E-state index contributed by atoms with van der Waals surface area (Å²) in [6.45, 7) is 2.32. The van der Waals surface area contributed by atoms with Crippen LogP contribution in [0.2, 0.25) is 0 Å². The first kappa shape index (κ1) is 13.0. The van der Waals surface area contributed by atoms with Gasteiger partial charge >= 0.3 is 0 Å². The van der Waals surface area contributed by atoms with Gasteiger partial charge in [-0.15, -0.1) is 0 Å². The van der Waals surface area contributed by atoms with E-state index in [1.54, 1.807) is 13.0 Å². The first-order chi connectivity index (χ1) is 10.1.